The largest absolute Gasteiger partial charge is 0.372 e. The Labute approximate surface area is 136 Å². The number of likely N-dealkylation sites (N-methyl/N-ethyl adjacent to an activating group) is 1. The summed E-state index contributed by atoms with van der Waals surface area (Å²) >= 11 is 0. The summed E-state index contributed by atoms with van der Waals surface area (Å²) in [6.07, 6.45) is 3.53. The van der Waals surface area contributed by atoms with Gasteiger partial charge in [-0.15, -0.1) is 0 Å². The second-order valence-corrected chi connectivity index (χ2v) is 6.00. The van der Waals surface area contributed by atoms with Crippen LogP contribution in [0.15, 0.2) is 36.7 Å². The standard InChI is InChI=1S/C17H23N5O/c1-4-21-12-15(9-18-21)19-17(23)22-11-14-7-5-6-8-16(14)20(3)10-13(22)2/h5-9,12-13H,4,10-11H2,1-3H3,(H,19,23). The topological polar surface area (TPSA) is 53.4 Å². The molecule has 1 N–H and O–H groups in total. The molecule has 23 heavy (non-hydrogen) atoms. The number of carbonyl (C=O) groups excluding carboxylic acids is 1. The van der Waals surface area contributed by atoms with Gasteiger partial charge in [-0.2, -0.15) is 5.10 Å². The van der Waals surface area contributed by atoms with Gasteiger partial charge >= 0.3 is 6.03 Å². The summed E-state index contributed by atoms with van der Waals surface area (Å²) in [5.74, 6) is 0. The molecule has 6 nitrogen and oxygen atoms in total. The number of aromatic nitrogens is 2. The summed E-state index contributed by atoms with van der Waals surface area (Å²) < 4.78 is 1.80. The van der Waals surface area contributed by atoms with Gasteiger partial charge in [-0.25, -0.2) is 4.79 Å². The molecule has 0 saturated heterocycles. The molecule has 1 aromatic heterocycles. The SMILES string of the molecule is CCn1cc(NC(=O)N2Cc3ccccc3N(C)CC2C)cn1. The van der Waals surface area contributed by atoms with E-state index in [0.717, 1.165) is 18.8 Å². The van der Waals surface area contributed by atoms with Crippen molar-refractivity contribution in [3.8, 4) is 0 Å². The summed E-state index contributed by atoms with van der Waals surface area (Å²) in [7, 11) is 2.07. The fourth-order valence-corrected chi connectivity index (χ4v) is 3.02. The molecule has 2 aromatic rings. The van der Waals surface area contributed by atoms with Gasteiger partial charge in [0.2, 0.25) is 0 Å². The van der Waals surface area contributed by atoms with Crippen molar-refractivity contribution < 1.29 is 4.79 Å². The van der Waals surface area contributed by atoms with E-state index < -0.39 is 0 Å². The average molecular weight is 313 g/mol. The smallest absolute Gasteiger partial charge is 0.322 e. The van der Waals surface area contributed by atoms with Crippen LogP contribution in [0.4, 0.5) is 16.2 Å². The van der Waals surface area contributed by atoms with Crippen molar-refractivity contribution in [3.63, 3.8) is 0 Å². The van der Waals surface area contributed by atoms with E-state index in [1.807, 2.05) is 30.2 Å². The Morgan fingerprint density at radius 2 is 2.17 bits per heavy atom. The predicted molar refractivity (Wildman–Crippen MR) is 91.6 cm³/mol. The molecule has 0 fully saturated rings. The van der Waals surface area contributed by atoms with Crippen LogP contribution in [0.5, 0.6) is 0 Å². The van der Waals surface area contributed by atoms with Gasteiger partial charge in [0.05, 0.1) is 11.9 Å². The van der Waals surface area contributed by atoms with Crippen LogP contribution >= 0.6 is 0 Å². The minimum atomic E-state index is -0.0849. The molecule has 0 radical (unpaired) electrons. The maximum Gasteiger partial charge on any atom is 0.322 e. The van der Waals surface area contributed by atoms with Gasteiger partial charge in [0.1, 0.15) is 0 Å². The monoisotopic (exact) mass is 313 g/mol. The molecule has 0 bridgehead atoms. The van der Waals surface area contributed by atoms with Crippen LogP contribution in [0, 0.1) is 0 Å². The first kappa shape index (κ1) is 15.4. The van der Waals surface area contributed by atoms with Crippen LogP contribution in [-0.2, 0) is 13.1 Å². The van der Waals surface area contributed by atoms with E-state index in [1.165, 1.54) is 11.3 Å². The molecule has 3 rings (SSSR count). The van der Waals surface area contributed by atoms with E-state index in [-0.39, 0.29) is 12.1 Å². The number of aryl methyl sites for hydroxylation is 1. The van der Waals surface area contributed by atoms with Crippen LogP contribution < -0.4 is 10.2 Å². The van der Waals surface area contributed by atoms with Crippen molar-refractivity contribution in [1.82, 2.24) is 14.7 Å². The maximum atomic E-state index is 12.7. The maximum absolute atomic E-state index is 12.7. The number of hydrogen-bond acceptors (Lipinski definition) is 3. The number of nitrogens with zero attached hydrogens (tertiary/aromatic N) is 4. The molecule has 122 valence electrons. The number of anilines is 2. The molecule has 1 aliphatic heterocycles. The number of carbonyl (C=O) groups is 1. The highest BCUT2D eigenvalue weighted by Gasteiger charge is 2.27. The lowest BCUT2D eigenvalue weighted by Gasteiger charge is -2.28. The van der Waals surface area contributed by atoms with Crippen LogP contribution in [-0.4, -0.2) is 40.3 Å². The van der Waals surface area contributed by atoms with Crippen molar-refractivity contribution in [1.29, 1.82) is 0 Å². The third-order valence-corrected chi connectivity index (χ3v) is 4.28. The van der Waals surface area contributed by atoms with E-state index in [0.29, 0.717) is 6.54 Å². The number of hydrogen-bond donors (Lipinski definition) is 1. The zero-order chi connectivity index (χ0) is 16.4. The van der Waals surface area contributed by atoms with E-state index in [4.69, 9.17) is 0 Å². The molecule has 1 atom stereocenters. The van der Waals surface area contributed by atoms with Gasteiger partial charge in [-0.05, 0) is 25.5 Å². The Hall–Kier alpha value is -2.50. The Morgan fingerprint density at radius 1 is 1.39 bits per heavy atom. The number of urea groups is 1. The van der Waals surface area contributed by atoms with Crippen LogP contribution in [0.3, 0.4) is 0 Å². The molecule has 6 heteroatoms. The molecule has 1 aliphatic rings. The first-order chi connectivity index (χ1) is 11.1. The summed E-state index contributed by atoms with van der Waals surface area (Å²) in [6, 6.07) is 8.28. The van der Waals surface area contributed by atoms with Gasteiger partial charge in [0.25, 0.3) is 0 Å². The Bertz CT molecular complexity index is 696. The van der Waals surface area contributed by atoms with Crippen LogP contribution in [0.25, 0.3) is 0 Å². The molecular formula is C17H23N5O. The number of fused-ring (bicyclic) bond motifs is 1. The molecule has 0 saturated carbocycles. The van der Waals surface area contributed by atoms with Crippen molar-refractivity contribution in [3.05, 3.63) is 42.2 Å². The van der Waals surface area contributed by atoms with Gasteiger partial charge in [-0.1, -0.05) is 18.2 Å². The molecule has 0 spiro atoms. The first-order valence-corrected chi connectivity index (χ1v) is 7.97. The minimum Gasteiger partial charge on any atom is -0.372 e. The number of amides is 2. The number of benzene rings is 1. The highest BCUT2D eigenvalue weighted by molar-refractivity contribution is 5.89. The Balaban J connectivity index is 1.79. The summed E-state index contributed by atoms with van der Waals surface area (Å²) in [5, 5.41) is 7.15. The fourth-order valence-electron chi connectivity index (χ4n) is 3.02. The number of para-hydroxylation sites is 1. The first-order valence-electron chi connectivity index (χ1n) is 7.97. The van der Waals surface area contributed by atoms with Crippen molar-refractivity contribution >= 4 is 17.4 Å². The van der Waals surface area contributed by atoms with Crippen molar-refractivity contribution in [2.45, 2.75) is 33.0 Å². The van der Waals surface area contributed by atoms with Gasteiger partial charge in [0.15, 0.2) is 0 Å². The minimum absolute atomic E-state index is 0.0849. The lowest BCUT2D eigenvalue weighted by atomic mass is 10.1. The lowest BCUT2D eigenvalue weighted by Crippen LogP contribution is -2.44. The highest BCUT2D eigenvalue weighted by Crippen LogP contribution is 2.26. The van der Waals surface area contributed by atoms with E-state index >= 15 is 0 Å². The molecule has 2 amide bonds. The van der Waals surface area contributed by atoms with Crippen LogP contribution in [0.2, 0.25) is 0 Å². The predicted octanol–water partition coefficient (Wildman–Crippen LogP) is 2.78. The van der Waals surface area contributed by atoms with Crippen molar-refractivity contribution in [2.75, 3.05) is 23.8 Å². The second kappa shape index (κ2) is 6.32. The lowest BCUT2D eigenvalue weighted by molar-refractivity contribution is 0.192. The second-order valence-electron chi connectivity index (χ2n) is 6.00. The third kappa shape index (κ3) is 3.16. The molecule has 2 heterocycles. The van der Waals surface area contributed by atoms with E-state index in [1.54, 1.807) is 10.9 Å². The zero-order valence-electron chi connectivity index (χ0n) is 13.9. The molecular weight excluding hydrogens is 290 g/mol. The van der Waals surface area contributed by atoms with Crippen LogP contribution in [0.1, 0.15) is 19.4 Å². The Morgan fingerprint density at radius 3 is 2.91 bits per heavy atom. The molecule has 1 aromatic carbocycles. The zero-order valence-corrected chi connectivity index (χ0v) is 13.9. The van der Waals surface area contributed by atoms with E-state index in [9.17, 15) is 4.79 Å². The fraction of sp³-hybridized carbons (Fsp3) is 0.412. The normalized spacial score (nSPS) is 17.6. The quantitative estimate of drug-likeness (QED) is 0.927. The van der Waals surface area contributed by atoms with Gasteiger partial charge in [-0.3, -0.25) is 4.68 Å². The average Bonchev–Trinajstić information content (AvgIpc) is 2.95. The number of rotatable bonds is 2. The highest BCUT2D eigenvalue weighted by atomic mass is 16.2. The molecule has 0 aliphatic carbocycles. The molecule has 1 unspecified atom stereocenters. The summed E-state index contributed by atoms with van der Waals surface area (Å²) in [4.78, 5) is 16.8. The summed E-state index contributed by atoms with van der Waals surface area (Å²) in [5.41, 5.74) is 3.09. The summed E-state index contributed by atoms with van der Waals surface area (Å²) in [6.45, 7) is 6.29. The van der Waals surface area contributed by atoms with Crippen molar-refractivity contribution in [2.24, 2.45) is 0 Å². The Kier molecular flexibility index (Phi) is 4.23. The third-order valence-electron chi connectivity index (χ3n) is 4.28. The van der Waals surface area contributed by atoms with E-state index in [2.05, 4.69) is 41.4 Å². The van der Waals surface area contributed by atoms with Gasteiger partial charge in [0, 0.05) is 44.6 Å². The van der Waals surface area contributed by atoms with Gasteiger partial charge < -0.3 is 15.1 Å². The number of nitrogens with one attached hydrogen (secondary N) is 1.